The Balaban J connectivity index is 1.47. The van der Waals surface area contributed by atoms with E-state index in [1.54, 1.807) is 6.20 Å². The number of hydrogen-bond acceptors (Lipinski definition) is 2. The van der Waals surface area contributed by atoms with Crippen molar-refractivity contribution in [3.8, 4) is 16.9 Å². The highest BCUT2D eigenvalue weighted by Crippen LogP contribution is 2.22. The molecule has 0 saturated carbocycles. The second-order valence-corrected chi connectivity index (χ2v) is 5.71. The zero-order valence-electron chi connectivity index (χ0n) is 13.2. The summed E-state index contributed by atoms with van der Waals surface area (Å²) in [5.74, 6) is 0.841. The lowest BCUT2D eigenvalue weighted by Crippen LogP contribution is -1.95. The van der Waals surface area contributed by atoms with Crippen molar-refractivity contribution in [1.29, 1.82) is 0 Å². The van der Waals surface area contributed by atoms with Crippen molar-refractivity contribution in [2.24, 2.45) is 0 Å². The molecule has 0 atom stereocenters. The number of ether oxygens (including phenoxy) is 1. The highest BCUT2D eigenvalue weighted by molar-refractivity contribution is 5.79. The first kappa shape index (κ1) is 14.5. The third kappa shape index (κ3) is 3.13. The molecule has 0 N–H and O–H groups in total. The molecule has 0 aliphatic carbocycles. The minimum Gasteiger partial charge on any atom is -0.489 e. The Kier molecular flexibility index (Phi) is 3.95. The molecule has 0 fully saturated rings. The van der Waals surface area contributed by atoms with E-state index in [0.717, 1.165) is 22.2 Å². The van der Waals surface area contributed by atoms with Gasteiger partial charge in [0.05, 0.1) is 5.52 Å². The Morgan fingerprint density at radius 3 is 2.33 bits per heavy atom. The first-order valence-electron chi connectivity index (χ1n) is 8.00. The molecule has 0 unspecified atom stereocenters. The molecule has 2 nitrogen and oxygen atoms in total. The largest absolute Gasteiger partial charge is 0.489 e. The zero-order chi connectivity index (χ0) is 16.2. The molecule has 1 heterocycles. The smallest absolute Gasteiger partial charge is 0.122 e. The van der Waals surface area contributed by atoms with Crippen molar-refractivity contribution in [3.05, 3.63) is 96.7 Å². The average Bonchev–Trinajstić information content (AvgIpc) is 2.67. The maximum atomic E-state index is 5.91. The fourth-order valence-electron chi connectivity index (χ4n) is 2.73. The number of pyridine rings is 1. The van der Waals surface area contributed by atoms with Gasteiger partial charge in [-0.3, -0.25) is 4.98 Å². The van der Waals surface area contributed by atoms with E-state index in [2.05, 4.69) is 59.6 Å². The summed E-state index contributed by atoms with van der Waals surface area (Å²) >= 11 is 0. The standard InChI is InChI=1S/C22H17NO/c1-2-5-18(6-3-1)19-10-8-17(9-11-19)16-24-21-13-12-20-7-4-14-23-22(20)15-21/h1-15H,16H2. The monoisotopic (exact) mass is 311 g/mol. The molecular weight excluding hydrogens is 294 g/mol. The van der Waals surface area contributed by atoms with E-state index in [-0.39, 0.29) is 0 Å². The molecule has 3 aromatic carbocycles. The fourth-order valence-corrected chi connectivity index (χ4v) is 2.73. The van der Waals surface area contributed by atoms with Crippen LogP contribution in [0.2, 0.25) is 0 Å². The van der Waals surface area contributed by atoms with Crippen molar-refractivity contribution < 1.29 is 4.74 Å². The van der Waals surface area contributed by atoms with E-state index in [9.17, 15) is 0 Å². The third-order valence-corrected chi connectivity index (χ3v) is 4.04. The average molecular weight is 311 g/mol. The molecule has 1 aromatic heterocycles. The maximum absolute atomic E-state index is 5.91. The SMILES string of the molecule is c1ccc(-c2ccc(COc3ccc4cccnc4c3)cc2)cc1. The number of benzene rings is 3. The Morgan fingerprint density at radius 1 is 0.708 bits per heavy atom. The van der Waals surface area contributed by atoms with Gasteiger partial charge in [-0.15, -0.1) is 0 Å². The van der Waals surface area contributed by atoms with Gasteiger partial charge in [-0.25, -0.2) is 0 Å². The van der Waals surface area contributed by atoms with Crippen molar-refractivity contribution in [2.75, 3.05) is 0 Å². The highest BCUT2D eigenvalue weighted by atomic mass is 16.5. The third-order valence-electron chi connectivity index (χ3n) is 4.04. The van der Waals surface area contributed by atoms with Crippen molar-refractivity contribution in [3.63, 3.8) is 0 Å². The molecule has 116 valence electrons. The van der Waals surface area contributed by atoms with Gasteiger partial charge in [-0.1, -0.05) is 60.7 Å². The van der Waals surface area contributed by atoms with Crippen LogP contribution in [0.15, 0.2) is 91.1 Å². The van der Waals surface area contributed by atoms with Crippen LogP contribution in [0, 0.1) is 0 Å². The van der Waals surface area contributed by atoms with Gasteiger partial charge in [0.1, 0.15) is 12.4 Å². The predicted octanol–water partition coefficient (Wildman–Crippen LogP) is 5.48. The summed E-state index contributed by atoms with van der Waals surface area (Å²) in [5.41, 5.74) is 4.55. The normalized spacial score (nSPS) is 10.7. The molecule has 0 aliphatic rings. The second-order valence-electron chi connectivity index (χ2n) is 5.71. The van der Waals surface area contributed by atoms with Gasteiger partial charge in [0.2, 0.25) is 0 Å². The predicted molar refractivity (Wildman–Crippen MR) is 98.0 cm³/mol. The highest BCUT2D eigenvalue weighted by Gasteiger charge is 2.01. The lowest BCUT2D eigenvalue weighted by molar-refractivity contribution is 0.306. The van der Waals surface area contributed by atoms with E-state index >= 15 is 0 Å². The molecule has 0 saturated heterocycles. The van der Waals surface area contributed by atoms with Gasteiger partial charge in [-0.2, -0.15) is 0 Å². The number of rotatable bonds is 4. The molecule has 0 spiro atoms. The first-order chi connectivity index (χ1) is 11.9. The Labute approximate surface area is 141 Å². The van der Waals surface area contributed by atoms with E-state index in [1.807, 2.05) is 30.3 Å². The summed E-state index contributed by atoms with van der Waals surface area (Å²) in [4.78, 5) is 4.36. The molecule has 0 radical (unpaired) electrons. The van der Waals surface area contributed by atoms with Crippen molar-refractivity contribution in [1.82, 2.24) is 4.98 Å². The summed E-state index contributed by atoms with van der Waals surface area (Å²) in [6.07, 6.45) is 1.80. The Morgan fingerprint density at radius 2 is 1.50 bits per heavy atom. The molecule has 4 rings (SSSR count). The molecular formula is C22H17NO. The molecule has 0 amide bonds. The van der Waals surface area contributed by atoms with Gasteiger partial charge in [0.15, 0.2) is 0 Å². The van der Waals surface area contributed by atoms with Gasteiger partial charge >= 0.3 is 0 Å². The van der Waals surface area contributed by atoms with Gasteiger partial charge in [0.25, 0.3) is 0 Å². The molecule has 0 bridgehead atoms. The van der Waals surface area contributed by atoms with Crippen LogP contribution in [-0.2, 0) is 6.61 Å². The van der Waals surface area contributed by atoms with Crippen LogP contribution in [0.5, 0.6) is 5.75 Å². The van der Waals surface area contributed by atoms with E-state index < -0.39 is 0 Å². The fraction of sp³-hybridized carbons (Fsp3) is 0.0455. The number of aromatic nitrogens is 1. The molecule has 4 aromatic rings. The first-order valence-corrected chi connectivity index (χ1v) is 8.00. The van der Waals surface area contributed by atoms with E-state index in [0.29, 0.717) is 6.61 Å². The summed E-state index contributed by atoms with van der Waals surface area (Å²) in [7, 11) is 0. The molecule has 0 aliphatic heterocycles. The quantitative estimate of drug-likeness (QED) is 0.498. The summed E-state index contributed by atoms with van der Waals surface area (Å²) < 4.78 is 5.91. The number of hydrogen-bond donors (Lipinski definition) is 0. The summed E-state index contributed by atoms with van der Waals surface area (Å²) in [6, 6.07) is 28.9. The second kappa shape index (κ2) is 6.55. The Bertz CT molecular complexity index is 946. The Hall–Kier alpha value is -3.13. The van der Waals surface area contributed by atoms with Crippen LogP contribution in [0.1, 0.15) is 5.56 Å². The summed E-state index contributed by atoms with van der Waals surface area (Å²) in [5, 5.41) is 1.12. The number of nitrogens with zero attached hydrogens (tertiary/aromatic N) is 1. The van der Waals surface area contributed by atoms with E-state index in [4.69, 9.17) is 4.74 Å². The molecule has 24 heavy (non-hydrogen) atoms. The minimum atomic E-state index is 0.549. The van der Waals surface area contributed by atoms with Gasteiger partial charge < -0.3 is 4.74 Å². The van der Waals surface area contributed by atoms with Crippen LogP contribution in [0.3, 0.4) is 0 Å². The minimum absolute atomic E-state index is 0.549. The van der Waals surface area contributed by atoms with Crippen LogP contribution >= 0.6 is 0 Å². The van der Waals surface area contributed by atoms with Gasteiger partial charge in [0, 0.05) is 17.6 Å². The lowest BCUT2D eigenvalue weighted by Gasteiger charge is -2.08. The summed E-state index contributed by atoms with van der Waals surface area (Å²) in [6.45, 7) is 0.549. The van der Waals surface area contributed by atoms with Crippen molar-refractivity contribution in [2.45, 2.75) is 6.61 Å². The lowest BCUT2D eigenvalue weighted by atomic mass is 10.0. The van der Waals surface area contributed by atoms with Crippen LogP contribution in [0.4, 0.5) is 0 Å². The molecule has 2 heteroatoms. The zero-order valence-corrected chi connectivity index (χ0v) is 13.2. The van der Waals surface area contributed by atoms with Crippen LogP contribution < -0.4 is 4.74 Å². The van der Waals surface area contributed by atoms with Gasteiger partial charge in [-0.05, 0) is 34.9 Å². The van der Waals surface area contributed by atoms with Crippen LogP contribution in [0.25, 0.3) is 22.0 Å². The van der Waals surface area contributed by atoms with Crippen LogP contribution in [-0.4, -0.2) is 4.98 Å². The number of fused-ring (bicyclic) bond motifs is 1. The van der Waals surface area contributed by atoms with E-state index in [1.165, 1.54) is 11.1 Å². The van der Waals surface area contributed by atoms with Crippen molar-refractivity contribution >= 4 is 10.9 Å². The maximum Gasteiger partial charge on any atom is 0.122 e. The topological polar surface area (TPSA) is 22.1 Å².